The highest BCUT2D eigenvalue weighted by molar-refractivity contribution is 6.31. The van der Waals surface area contributed by atoms with Gasteiger partial charge in [0, 0.05) is 37.7 Å². The van der Waals surface area contributed by atoms with Crippen LogP contribution in [0.1, 0.15) is 17.4 Å². The molecule has 1 fully saturated rings. The number of carbonyl (C=O) groups is 1. The number of anilines is 1. The lowest BCUT2D eigenvalue weighted by molar-refractivity contribution is 0.0737. The molecule has 8 heteroatoms. The number of rotatable bonds is 4. The number of aromatic nitrogens is 2. The average Bonchev–Trinajstić information content (AvgIpc) is 2.79. The van der Waals surface area contributed by atoms with Crippen LogP contribution >= 0.6 is 11.6 Å². The molecule has 1 aliphatic heterocycles. The summed E-state index contributed by atoms with van der Waals surface area (Å²) in [6, 6.07) is 12.9. The number of nitrogens with zero attached hydrogens (tertiary/aromatic N) is 4. The van der Waals surface area contributed by atoms with E-state index in [4.69, 9.17) is 16.3 Å². The molecule has 0 radical (unpaired) electrons. The molecule has 0 bridgehead atoms. The highest BCUT2D eigenvalue weighted by atomic mass is 35.5. The van der Waals surface area contributed by atoms with Crippen molar-refractivity contribution in [1.29, 1.82) is 0 Å². The second-order valence-corrected chi connectivity index (χ2v) is 7.54. The lowest BCUT2D eigenvalue weighted by Gasteiger charge is -2.36. The summed E-state index contributed by atoms with van der Waals surface area (Å²) < 4.78 is 7.12. The molecule has 30 heavy (non-hydrogen) atoms. The van der Waals surface area contributed by atoms with Gasteiger partial charge in [0.25, 0.3) is 5.91 Å². The molecule has 0 aliphatic carbocycles. The van der Waals surface area contributed by atoms with E-state index in [1.807, 2.05) is 31.2 Å². The minimum absolute atomic E-state index is 0.0580. The predicted molar refractivity (Wildman–Crippen MR) is 118 cm³/mol. The summed E-state index contributed by atoms with van der Waals surface area (Å²) >= 11 is 6.09. The van der Waals surface area contributed by atoms with Gasteiger partial charge >= 0.3 is 0 Å². The first-order valence-corrected chi connectivity index (χ1v) is 10.3. The van der Waals surface area contributed by atoms with E-state index in [2.05, 4.69) is 10.00 Å². The Morgan fingerprint density at radius 1 is 1.13 bits per heavy atom. The van der Waals surface area contributed by atoms with E-state index in [1.165, 1.54) is 0 Å². The van der Waals surface area contributed by atoms with E-state index in [0.29, 0.717) is 48.6 Å². The summed E-state index contributed by atoms with van der Waals surface area (Å²) in [6.45, 7) is 4.75. The molecule has 4 rings (SSSR count). The van der Waals surface area contributed by atoms with Crippen LogP contribution in [0.3, 0.4) is 0 Å². The van der Waals surface area contributed by atoms with Crippen molar-refractivity contribution in [2.24, 2.45) is 0 Å². The molecule has 2 aromatic carbocycles. The normalized spacial score (nSPS) is 14.2. The summed E-state index contributed by atoms with van der Waals surface area (Å²) in [7, 11) is 1.65. The van der Waals surface area contributed by atoms with Gasteiger partial charge in [-0.3, -0.25) is 14.3 Å². The summed E-state index contributed by atoms with van der Waals surface area (Å²) in [5.74, 6) is 0.458. The van der Waals surface area contributed by atoms with Crippen molar-refractivity contribution in [3.05, 3.63) is 63.4 Å². The highest BCUT2D eigenvalue weighted by Crippen LogP contribution is 2.28. The fourth-order valence-electron chi connectivity index (χ4n) is 3.83. The van der Waals surface area contributed by atoms with E-state index in [9.17, 15) is 9.59 Å². The standard InChI is InChI=1S/C22H23ClN4O3/c1-3-27-17-9-8-15(23)14-16(17)21(28)20(24-27)22(29)26-12-10-25(11-13-26)18-6-4-5-7-19(18)30-2/h4-9,14H,3,10-13H2,1-2H3. The van der Waals surface area contributed by atoms with Gasteiger partial charge in [-0.25, -0.2) is 0 Å². The number of amides is 1. The molecule has 0 spiro atoms. The van der Waals surface area contributed by atoms with Gasteiger partial charge in [0.2, 0.25) is 5.43 Å². The molecule has 0 atom stereocenters. The number of hydrogen-bond acceptors (Lipinski definition) is 5. The number of fused-ring (bicyclic) bond motifs is 1. The zero-order chi connectivity index (χ0) is 21.3. The van der Waals surface area contributed by atoms with Gasteiger partial charge < -0.3 is 14.5 Å². The van der Waals surface area contributed by atoms with E-state index >= 15 is 0 Å². The first kappa shape index (κ1) is 20.2. The summed E-state index contributed by atoms with van der Waals surface area (Å²) in [6.07, 6.45) is 0. The van der Waals surface area contributed by atoms with Gasteiger partial charge in [0.15, 0.2) is 5.69 Å². The second-order valence-electron chi connectivity index (χ2n) is 7.11. The number of hydrogen-bond donors (Lipinski definition) is 0. The highest BCUT2D eigenvalue weighted by Gasteiger charge is 2.27. The topological polar surface area (TPSA) is 67.7 Å². The van der Waals surface area contributed by atoms with Crippen LogP contribution in [0.4, 0.5) is 5.69 Å². The average molecular weight is 427 g/mol. The van der Waals surface area contributed by atoms with Gasteiger partial charge in [-0.1, -0.05) is 23.7 Å². The number of aryl methyl sites for hydroxylation is 1. The Labute approximate surface area is 179 Å². The van der Waals surface area contributed by atoms with Crippen molar-refractivity contribution in [2.45, 2.75) is 13.5 Å². The number of halogens is 1. The van der Waals surface area contributed by atoms with Gasteiger partial charge in [-0.2, -0.15) is 5.10 Å². The minimum Gasteiger partial charge on any atom is -0.495 e. The molecule has 156 valence electrons. The first-order valence-electron chi connectivity index (χ1n) is 9.91. The maximum atomic E-state index is 13.2. The molecule has 1 aliphatic rings. The van der Waals surface area contributed by atoms with Gasteiger partial charge in [0.05, 0.1) is 23.7 Å². The van der Waals surface area contributed by atoms with Crippen LogP contribution in [-0.4, -0.2) is 53.9 Å². The number of carbonyl (C=O) groups excluding carboxylic acids is 1. The molecule has 0 saturated carbocycles. The molecular weight excluding hydrogens is 404 g/mol. The van der Waals surface area contributed by atoms with Crippen LogP contribution in [-0.2, 0) is 6.54 Å². The van der Waals surface area contributed by atoms with Crippen LogP contribution in [0.25, 0.3) is 10.9 Å². The van der Waals surface area contributed by atoms with Gasteiger partial charge in [-0.15, -0.1) is 0 Å². The Morgan fingerprint density at radius 2 is 1.87 bits per heavy atom. The molecule has 2 heterocycles. The summed E-state index contributed by atoms with van der Waals surface area (Å²) in [5.41, 5.74) is 1.23. The van der Waals surface area contributed by atoms with Crippen molar-refractivity contribution >= 4 is 34.1 Å². The molecule has 1 saturated heterocycles. The van der Waals surface area contributed by atoms with Crippen LogP contribution in [0.5, 0.6) is 5.75 Å². The lowest BCUT2D eigenvalue weighted by atomic mass is 10.1. The van der Waals surface area contributed by atoms with Gasteiger partial charge in [0.1, 0.15) is 5.75 Å². The smallest absolute Gasteiger partial charge is 0.278 e. The van der Waals surface area contributed by atoms with Crippen LogP contribution in [0.15, 0.2) is 47.3 Å². The molecule has 1 amide bonds. The third-order valence-electron chi connectivity index (χ3n) is 5.41. The van der Waals surface area contributed by atoms with E-state index in [0.717, 1.165) is 11.4 Å². The predicted octanol–water partition coefficient (Wildman–Crippen LogP) is 3.04. The van der Waals surface area contributed by atoms with Crippen molar-refractivity contribution in [3.8, 4) is 5.75 Å². The van der Waals surface area contributed by atoms with Crippen LogP contribution < -0.4 is 15.1 Å². The second kappa shape index (κ2) is 8.36. The SMILES string of the molecule is CCn1nc(C(=O)N2CCN(c3ccccc3OC)CC2)c(=O)c2cc(Cl)ccc21. The molecule has 7 nitrogen and oxygen atoms in total. The fraction of sp³-hybridized carbons (Fsp3) is 0.318. The number of benzene rings is 2. The number of para-hydroxylation sites is 2. The minimum atomic E-state index is -0.380. The number of methoxy groups -OCH3 is 1. The Morgan fingerprint density at radius 3 is 2.57 bits per heavy atom. The number of piperazine rings is 1. The Balaban J connectivity index is 1.60. The van der Waals surface area contributed by atoms with Crippen molar-refractivity contribution in [2.75, 3.05) is 38.2 Å². The Kier molecular flexibility index (Phi) is 5.63. The molecular formula is C22H23ClN4O3. The van der Waals surface area contributed by atoms with E-state index in [-0.39, 0.29) is 17.0 Å². The number of ether oxygens (including phenoxy) is 1. The third-order valence-corrected chi connectivity index (χ3v) is 5.65. The molecule has 1 aromatic heterocycles. The van der Waals surface area contributed by atoms with Crippen molar-refractivity contribution in [3.63, 3.8) is 0 Å². The van der Waals surface area contributed by atoms with Crippen molar-refractivity contribution < 1.29 is 9.53 Å². The maximum absolute atomic E-state index is 13.2. The fourth-order valence-corrected chi connectivity index (χ4v) is 4.01. The lowest BCUT2D eigenvalue weighted by Crippen LogP contribution is -2.50. The first-order chi connectivity index (χ1) is 14.5. The third kappa shape index (κ3) is 3.61. The monoisotopic (exact) mass is 426 g/mol. The quantitative estimate of drug-likeness (QED) is 0.641. The Hall–Kier alpha value is -3.06. The maximum Gasteiger partial charge on any atom is 0.278 e. The van der Waals surface area contributed by atoms with Gasteiger partial charge in [-0.05, 0) is 37.3 Å². The van der Waals surface area contributed by atoms with Crippen LogP contribution in [0, 0.1) is 0 Å². The van der Waals surface area contributed by atoms with E-state index in [1.54, 1.807) is 34.9 Å². The van der Waals surface area contributed by atoms with Crippen LogP contribution in [0.2, 0.25) is 5.02 Å². The summed E-state index contributed by atoms with van der Waals surface area (Å²) in [5, 5.41) is 5.23. The summed E-state index contributed by atoms with van der Waals surface area (Å²) in [4.78, 5) is 30.0. The zero-order valence-corrected chi connectivity index (χ0v) is 17.7. The van der Waals surface area contributed by atoms with Crippen molar-refractivity contribution in [1.82, 2.24) is 14.7 Å². The Bertz CT molecular complexity index is 1150. The van der Waals surface area contributed by atoms with E-state index < -0.39 is 0 Å². The zero-order valence-electron chi connectivity index (χ0n) is 17.0. The molecule has 3 aromatic rings. The largest absolute Gasteiger partial charge is 0.495 e. The molecule has 0 unspecified atom stereocenters. The molecule has 0 N–H and O–H groups in total.